The number of hydrogen-bond acceptors (Lipinski definition) is 6. The molecule has 0 spiro atoms. The molecule has 0 radical (unpaired) electrons. The molecule has 1 aliphatic heterocycles. The molecule has 1 aliphatic rings. The maximum Gasteiger partial charge on any atom is 0.276 e. The second kappa shape index (κ2) is 6.48. The van der Waals surface area contributed by atoms with Crippen molar-refractivity contribution in [3.8, 4) is 10.7 Å². The molecule has 25 heavy (non-hydrogen) atoms. The Kier molecular flexibility index (Phi) is 4.02. The minimum Gasteiger partial charge on any atom is -0.387 e. The number of benzene rings is 1. The van der Waals surface area contributed by atoms with Crippen molar-refractivity contribution >= 4 is 28.9 Å². The number of nitrogens with one attached hydrogen (secondary N) is 2. The lowest BCUT2D eigenvalue weighted by molar-refractivity contribution is -0.110. The average Bonchev–Trinajstić information content (AvgIpc) is 3.35. The summed E-state index contributed by atoms with van der Waals surface area (Å²) in [4.78, 5) is 24.1. The predicted octanol–water partition coefficient (Wildman–Crippen LogP) is 3.30. The lowest BCUT2D eigenvalue weighted by Crippen LogP contribution is -2.22. The maximum atomic E-state index is 12.3. The van der Waals surface area contributed by atoms with Gasteiger partial charge in [0.25, 0.3) is 5.91 Å². The van der Waals surface area contributed by atoms with Gasteiger partial charge in [-0.1, -0.05) is 35.5 Å². The maximum absolute atomic E-state index is 12.3. The highest BCUT2D eigenvalue weighted by molar-refractivity contribution is 7.15. The molecule has 8 heteroatoms. The van der Waals surface area contributed by atoms with Crippen LogP contribution in [0.5, 0.6) is 0 Å². The zero-order valence-electron chi connectivity index (χ0n) is 13.4. The molecule has 4 rings (SSSR count). The van der Waals surface area contributed by atoms with Crippen LogP contribution < -0.4 is 5.32 Å². The van der Waals surface area contributed by atoms with Crippen molar-refractivity contribution in [3.63, 3.8) is 0 Å². The summed E-state index contributed by atoms with van der Waals surface area (Å²) in [5.41, 5.74) is 1.31. The summed E-state index contributed by atoms with van der Waals surface area (Å²) in [6, 6.07) is 13.7. The first-order valence-electron chi connectivity index (χ1n) is 7.77. The van der Waals surface area contributed by atoms with Gasteiger partial charge >= 0.3 is 0 Å². The number of carbonyl (C=O) groups excluding carboxylic acids is 1. The van der Waals surface area contributed by atoms with E-state index in [1.54, 1.807) is 11.3 Å². The number of thiophene rings is 1. The molecule has 3 heterocycles. The number of rotatable bonds is 4. The third kappa shape index (κ3) is 3.29. The molecule has 0 aliphatic carbocycles. The van der Waals surface area contributed by atoms with Crippen molar-refractivity contribution in [2.45, 2.75) is 19.4 Å². The van der Waals surface area contributed by atoms with Crippen molar-refractivity contribution in [2.75, 3.05) is 5.32 Å². The van der Waals surface area contributed by atoms with Crippen LogP contribution in [0.2, 0.25) is 0 Å². The highest BCUT2D eigenvalue weighted by atomic mass is 32.1. The Morgan fingerprint density at radius 1 is 1.28 bits per heavy atom. The van der Waals surface area contributed by atoms with E-state index in [9.17, 15) is 4.79 Å². The number of hydrogen-bond donors (Lipinski definition) is 2. The van der Waals surface area contributed by atoms with Crippen LogP contribution in [0.1, 0.15) is 23.0 Å². The van der Waals surface area contributed by atoms with Crippen LogP contribution in [0.3, 0.4) is 0 Å². The summed E-state index contributed by atoms with van der Waals surface area (Å²) in [5.74, 6) is 0.489. The van der Waals surface area contributed by atoms with Gasteiger partial charge in [-0.2, -0.15) is 4.98 Å². The molecule has 2 N–H and O–H groups in total. The van der Waals surface area contributed by atoms with E-state index in [0.29, 0.717) is 18.0 Å². The number of anilines is 1. The molecule has 7 nitrogen and oxygen atoms in total. The van der Waals surface area contributed by atoms with Crippen molar-refractivity contribution in [2.24, 2.45) is 5.16 Å². The number of aryl methyl sites for hydroxylation is 1. The highest BCUT2D eigenvalue weighted by Gasteiger charge is 2.27. The Labute approximate surface area is 147 Å². The Morgan fingerprint density at radius 3 is 2.88 bits per heavy atom. The lowest BCUT2D eigenvalue weighted by Gasteiger charge is -2.07. The van der Waals surface area contributed by atoms with Gasteiger partial charge in [-0.15, -0.1) is 16.4 Å². The van der Waals surface area contributed by atoms with Crippen molar-refractivity contribution in [1.82, 2.24) is 15.2 Å². The van der Waals surface area contributed by atoms with E-state index in [4.69, 9.17) is 4.84 Å². The van der Waals surface area contributed by atoms with Crippen molar-refractivity contribution in [3.05, 3.63) is 52.9 Å². The Hall–Kier alpha value is -3.00. The molecular weight excluding hydrogens is 338 g/mol. The van der Waals surface area contributed by atoms with Crippen LogP contribution in [-0.4, -0.2) is 26.8 Å². The smallest absolute Gasteiger partial charge is 0.276 e. The first-order valence-corrected chi connectivity index (χ1v) is 8.59. The first kappa shape index (κ1) is 15.5. The number of carbonyl (C=O) groups is 1. The van der Waals surface area contributed by atoms with E-state index in [1.807, 2.05) is 49.4 Å². The molecule has 126 valence electrons. The molecule has 3 aromatic rings. The summed E-state index contributed by atoms with van der Waals surface area (Å²) >= 11 is 1.61. The van der Waals surface area contributed by atoms with Crippen LogP contribution in [-0.2, 0) is 9.63 Å². The SMILES string of the molecule is Cc1ccc(-c2nc(NC(=O)C3=NOC(c4ccccc4)C3)n[nH]2)s1. The minimum absolute atomic E-state index is 0.219. The topological polar surface area (TPSA) is 92.3 Å². The van der Waals surface area contributed by atoms with Crippen LogP contribution in [0.15, 0.2) is 47.6 Å². The van der Waals surface area contributed by atoms with Crippen LogP contribution >= 0.6 is 11.3 Å². The van der Waals surface area contributed by atoms with E-state index in [0.717, 1.165) is 10.4 Å². The fourth-order valence-corrected chi connectivity index (χ4v) is 3.33. The molecule has 0 saturated carbocycles. The molecule has 1 atom stereocenters. The fraction of sp³-hybridized carbons (Fsp3) is 0.176. The number of aromatic nitrogens is 3. The molecule has 1 amide bonds. The summed E-state index contributed by atoms with van der Waals surface area (Å²) in [5, 5.41) is 13.4. The zero-order valence-corrected chi connectivity index (χ0v) is 14.2. The molecule has 1 unspecified atom stereocenters. The monoisotopic (exact) mass is 353 g/mol. The largest absolute Gasteiger partial charge is 0.387 e. The van der Waals surface area contributed by atoms with E-state index in [-0.39, 0.29) is 18.0 Å². The van der Waals surface area contributed by atoms with Gasteiger partial charge in [-0.25, -0.2) is 0 Å². The van der Waals surface area contributed by atoms with E-state index in [2.05, 4.69) is 25.7 Å². The van der Waals surface area contributed by atoms with Crippen molar-refractivity contribution in [1.29, 1.82) is 0 Å². The summed E-state index contributed by atoms with van der Waals surface area (Å²) < 4.78 is 0. The summed E-state index contributed by atoms with van der Waals surface area (Å²) in [6.07, 6.45) is 0.177. The Morgan fingerprint density at radius 2 is 2.12 bits per heavy atom. The Balaban J connectivity index is 1.40. The van der Waals surface area contributed by atoms with Crippen molar-refractivity contribution < 1.29 is 9.63 Å². The number of H-pyrrole nitrogens is 1. The number of oxime groups is 1. The third-order valence-corrected chi connectivity index (χ3v) is 4.79. The van der Waals surface area contributed by atoms with Gasteiger partial charge in [0.05, 0.1) is 4.88 Å². The average molecular weight is 353 g/mol. The van der Waals surface area contributed by atoms with E-state index < -0.39 is 0 Å². The Bertz CT molecular complexity index is 931. The predicted molar refractivity (Wildman–Crippen MR) is 95.4 cm³/mol. The molecule has 2 aromatic heterocycles. The highest BCUT2D eigenvalue weighted by Crippen LogP contribution is 2.28. The standard InChI is InChI=1S/C17H15N5O2S/c1-10-7-8-14(25-10)15-18-17(21-20-15)19-16(23)12-9-13(24-22-12)11-5-3-2-4-6-11/h2-8,13H,9H2,1H3,(H2,18,19,20,21,23). The van der Waals surface area contributed by atoms with Crippen LogP contribution in [0, 0.1) is 6.92 Å². The molecule has 0 bridgehead atoms. The van der Waals surface area contributed by atoms with Gasteiger partial charge in [0.1, 0.15) is 5.71 Å². The molecule has 0 fully saturated rings. The van der Waals surface area contributed by atoms with Gasteiger partial charge in [-0.05, 0) is 24.6 Å². The fourth-order valence-electron chi connectivity index (χ4n) is 2.52. The normalized spacial score (nSPS) is 16.4. The zero-order chi connectivity index (χ0) is 17.2. The summed E-state index contributed by atoms with van der Waals surface area (Å²) in [7, 11) is 0. The van der Waals surface area contributed by atoms with Gasteiger partial charge < -0.3 is 4.84 Å². The van der Waals surface area contributed by atoms with E-state index in [1.165, 1.54) is 4.88 Å². The molecule has 1 aromatic carbocycles. The minimum atomic E-state index is -0.355. The third-order valence-electron chi connectivity index (χ3n) is 3.79. The van der Waals surface area contributed by atoms with Crippen LogP contribution in [0.4, 0.5) is 5.95 Å². The summed E-state index contributed by atoms with van der Waals surface area (Å²) in [6.45, 7) is 2.02. The molecule has 0 saturated heterocycles. The van der Waals surface area contributed by atoms with E-state index >= 15 is 0 Å². The van der Waals surface area contributed by atoms with Crippen LogP contribution in [0.25, 0.3) is 10.7 Å². The first-order chi connectivity index (χ1) is 12.2. The second-order valence-corrected chi connectivity index (χ2v) is 6.91. The van der Waals surface area contributed by atoms with Gasteiger partial charge in [0, 0.05) is 11.3 Å². The van der Waals surface area contributed by atoms with Gasteiger partial charge in [0.2, 0.25) is 5.95 Å². The number of aromatic amines is 1. The number of nitrogens with zero attached hydrogens (tertiary/aromatic N) is 3. The van der Waals surface area contributed by atoms with Gasteiger partial charge in [-0.3, -0.25) is 15.2 Å². The molecular formula is C17H15N5O2S. The lowest BCUT2D eigenvalue weighted by atomic mass is 10.0. The van der Waals surface area contributed by atoms with Gasteiger partial charge in [0.15, 0.2) is 11.9 Å². The number of amides is 1. The second-order valence-electron chi connectivity index (χ2n) is 5.62. The quantitative estimate of drug-likeness (QED) is 0.753.